The molecule has 6 heteroatoms. The van der Waals surface area contributed by atoms with E-state index >= 15 is 0 Å². The minimum absolute atomic E-state index is 0.00935. The van der Waals surface area contributed by atoms with Gasteiger partial charge < -0.3 is 23.6 Å². The van der Waals surface area contributed by atoms with Crippen LogP contribution in [0.3, 0.4) is 0 Å². The van der Waals surface area contributed by atoms with Crippen molar-refractivity contribution in [2.75, 3.05) is 9.71 Å². The SMILES string of the molecule is Cc1cc2c(cc1N1c3cc4c(cc3B3c5c(cc6c(oc7ccccc76)c51)-c1cccc5c1N3c1ccccc1C5(C)C)Oc1ccccc1O4)C(C)(C)CCC2(C)C. The van der Waals surface area contributed by atoms with Crippen molar-refractivity contribution in [2.24, 2.45) is 0 Å². The predicted molar refractivity (Wildman–Crippen MR) is 246 cm³/mol. The fourth-order valence-electron chi connectivity index (χ4n) is 11.6. The van der Waals surface area contributed by atoms with Gasteiger partial charge in [-0.05, 0) is 117 Å². The van der Waals surface area contributed by atoms with Crippen LogP contribution in [0.4, 0.5) is 28.4 Å². The molecule has 4 aliphatic heterocycles. The zero-order valence-corrected chi connectivity index (χ0v) is 35.2. The number of rotatable bonds is 1. The first kappa shape index (κ1) is 34.5. The molecule has 60 heavy (non-hydrogen) atoms. The lowest BCUT2D eigenvalue weighted by Crippen LogP contribution is -2.63. The van der Waals surface area contributed by atoms with E-state index < -0.39 is 0 Å². The molecule has 8 aromatic rings. The van der Waals surface area contributed by atoms with Crippen LogP contribution in [0.5, 0.6) is 23.0 Å². The van der Waals surface area contributed by atoms with Crippen LogP contribution in [0, 0.1) is 6.92 Å². The van der Waals surface area contributed by atoms with Crippen LogP contribution in [0.2, 0.25) is 0 Å². The molecule has 0 N–H and O–H groups in total. The largest absolute Gasteiger partial charge is 0.454 e. The van der Waals surface area contributed by atoms with Crippen molar-refractivity contribution < 1.29 is 13.9 Å². The van der Waals surface area contributed by atoms with Gasteiger partial charge in [0.2, 0.25) is 0 Å². The van der Waals surface area contributed by atoms with E-state index in [1.54, 1.807) is 0 Å². The normalized spacial score (nSPS) is 17.7. The van der Waals surface area contributed by atoms with Crippen molar-refractivity contribution in [1.82, 2.24) is 0 Å². The number of aryl methyl sites for hydroxylation is 1. The van der Waals surface area contributed by atoms with E-state index in [1.807, 2.05) is 24.3 Å². The van der Waals surface area contributed by atoms with Gasteiger partial charge in [-0.3, -0.25) is 0 Å². The second-order valence-corrected chi connectivity index (χ2v) is 19.6. The van der Waals surface area contributed by atoms with Gasteiger partial charge in [0, 0.05) is 50.6 Å². The molecule has 0 unspecified atom stereocenters. The maximum atomic E-state index is 7.16. The second kappa shape index (κ2) is 11.2. The molecule has 5 aliphatic rings. The van der Waals surface area contributed by atoms with Gasteiger partial charge >= 0.3 is 6.85 Å². The van der Waals surface area contributed by atoms with Crippen LogP contribution in [0.25, 0.3) is 33.1 Å². The molecule has 13 rings (SSSR count). The van der Waals surface area contributed by atoms with Gasteiger partial charge in [0.1, 0.15) is 5.58 Å². The third-order valence-corrected chi connectivity index (χ3v) is 14.8. The van der Waals surface area contributed by atoms with Crippen LogP contribution >= 0.6 is 0 Å². The molecule has 0 bridgehead atoms. The summed E-state index contributed by atoms with van der Waals surface area (Å²) in [6.07, 6.45) is 2.29. The molecule has 0 saturated carbocycles. The van der Waals surface area contributed by atoms with Gasteiger partial charge in [-0.2, -0.15) is 0 Å². The molecular weight excluding hydrogens is 735 g/mol. The third kappa shape index (κ3) is 4.29. The Labute approximate surface area is 351 Å². The van der Waals surface area contributed by atoms with Crippen molar-refractivity contribution in [1.29, 1.82) is 0 Å². The van der Waals surface area contributed by atoms with E-state index in [-0.39, 0.29) is 23.1 Å². The molecule has 0 atom stereocenters. The molecule has 7 aromatic carbocycles. The van der Waals surface area contributed by atoms with Crippen molar-refractivity contribution >= 4 is 68.1 Å². The summed E-state index contributed by atoms with van der Waals surface area (Å²) in [6, 6.07) is 44.4. The number of fused-ring (bicyclic) bond motifs is 13. The summed E-state index contributed by atoms with van der Waals surface area (Å²) < 4.78 is 20.7. The fraction of sp³-hybridized carbons (Fsp3) is 0.222. The summed E-state index contributed by atoms with van der Waals surface area (Å²) in [6.45, 7) is 16.5. The molecule has 1 aliphatic carbocycles. The van der Waals surface area contributed by atoms with Crippen LogP contribution in [-0.2, 0) is 16.2 Å². The molecule has 0 fully saturated rings. The average molecular weight is 781 g/mol. The Morgan fingerprint density at radius 1 is 0.533 bits per heavy atom. The smallest absolute Gasteiger partial charge is 0.333 e. The van der Waals surface area contributed by atoms with Gasteiger partial charge in [-0.1, -0.05) is 114 Å². The van der Waals surface area contributed by atoms with E-state index in [2.05, 4.69) is 155 Å². The quantitative estimate of drug-likeness (QED) is 0.155. The van der Waals surface area contributed by atoms with Crippen LogP contribution in [0.1, 0.15) is 82.2 Å². The number of hydrogen-bond donors (Lipinski definition) is 0. The van der Waals surface area contributed by atoms with Gasteiger partial charge in [-0.15, -0.1) is 0 Å². The molecule has 0 spiro atoms. The molecule has 1 aromatic heterocycles. The van der Waals surface area contributed by atoms with Gasteiger partial charge in [0.25, 0.3) is 0 Å². The Morgan fingerprint density at radius 3 is 1.98 bits per heavy atom. The molecular formula is C54H45BN2O3. The first-order chi connectivity index (χ1) is 28.9. The molecule has 5 heterocycles. The number of nitrogens with zero attached hydrogens (tertiary/aromatic N) is 2. The minimum atomic E-state index is -0.216. The number of ether oxygens (including phenoxy) is 2. The second-order valence-electron chi connectivity index (χ2n) is 19.6. The number of benzene rings is 7. The van der Waals surface area contributed by atoms with Crippen LogP contribution < -0.4 is 30.1 Å². The number of hydrogen-bond acceptors (Lipinski definition) is 5. The maximum absolute atomic E-state index is 7.16. The molecule has 292 valence electrons. The van der Waals surface area contributed by atoms with Crippen molar-refractivity contribution in [3.63, 3.8) is 0 Å². The number of anilines is 5. The summed E-state index contributed by atoms with van der Waals surface area (Å²) in [5, 5.41) is 2.24. The summed E-state index contributed by atoms with van der Waals surface area (Å²) in [5.41, 5.74) is 19.1. The highest BCUT2D eigenvalue weighted by atomic mass is 16.6. The van der Waals surface area contributed by atoms with Crippen LogP contribution in [-0.4, -0.2) is 6.85 Å². The van der Waals surface area contributed by atoms with Crippen LogP contribution in [0.15, 0.2) is 126 Å². The Kier molecular flexibility index (Phi) is 6.46. The van der Waals surface area contributed by atoms with Crippen molar-refractivity contribution in [3.8, 4) is 34.1 Å². The first-order valence-electron chi connectivity index (χ1n) is 21.5. The van der Waals surface area contributed by atoms with E-state index in [0.29, 0.717) is 11.5 Å². The zero-order chi connectivity index (χ0) is 40.6. The molecule has 0 saturated heterocycles. The standard InChI is InChI=1S/C54H45BN2O3/c1-30-25-37-38(53(4,5)24-23-52(37,2)3)27-41(30)56-42-29-47-46(58-44-21-12-13-22-45(44)59-47)28-39(42)55-48-33(26-34-31-15-8-11-20-43(31)60-51(34)50(48)56)32-16-14-18-36-49(32)57(55)40-19-10-9-17-35(40)54(36,6)7/h8-22,25-29H,23-24H2,1-7H3. The summed E-state index contributed by atoms with van der Waals surface area (Å²) in [4.78, 5) is 5.17. The predicted octanol–water partition coefficient (Wildman–Crippen LogP) is 13.5. The van der Waals surface area contributed by atoms with Gasteiger partial charge in [0.15, 0.2) is 28.6 Å². The Hall–Kier alpha value is -6.40. The lowest BCUT2D eigenvalue weighted by Gasteiger charge is -2.51. The Morgan fingerprint density at radius 2 is 1.20 bits per heavy atom. The van der Waals surface area contributed by atoms with Crippen molar-refractivity contribution in [3.05, 3.63) is 149 Å². The molecule has 0 radical (unpaired) electrons. The van der Waals surface area contributed by atoms with Gasteiger partial charge in [-0.25, -0.2) is 0 Å². The molecule has 5 nitrogen and oxygen atoms in total. The Balaban J connectivity index is 1.21. The average Bonchev–Trinajstić information content (AvgIpc) is 3.62. The number of para-hydroxylation sites is 5. The molecule has 0 amide bonds. The lowest BCUT2D eigenvalue weighted by atomic mass is 9.42. The fourth-order valence-corrected chi connectivity index (χ4v) is 11.6. The minimum Gasteiger partial charge on any atom is -0.454 e. The zero-order valence-electron chi connectivity index (χ0n) is 35.2. The summed E-state index contributed by atoms with van der Waals surface area (Å²) in [7, 11) is 0. The highest BCUT2D eigenvalue weighted by Gasteiger charge is 2.52. The van der Waals surface area contributed by atoms with E-state index in [9.17, 15) is 0 Å². The highest BCUT2D eigenvalue weighted by molar-refractivity contribution is 6.94. The van der Waals surface area contributed by atoms with E-state index in [0.717, 1.165) is 68.8 Å². The lowest BCUT2D eigenvalue weighted by molar-refractivity contribution is 0.332. The van der Waals surface area contributed by atoms with E-state index in [4.69, 9.17) is 13.9 Å². The highest BCUT2D eigenvalue weighted by Crippen LogP contribution is 2.59. The maximum Gasteiger partial charge on any atom is 0.333 e. The summed E-state index contributed by atoms with van der Waals surface area (Å²) in [5.74, 6) is 2.86. The third-order valence-electron chi connectivity index (χ3n) is 14.8. The first-order valence-corrected chi connectivity index (χ1v) is 21.5. The monoisotopic (exact) mass is 780 g/mol. The summed E-state index contributed by atoms with van der Waals surface area (Å²) >= 11 is 0. The van der Waals surface area contributed by atoms with Crippen molar-refractivity contribution in [2.45, 2.75) is 77.6 Å². The Bertz CT molecular complexity index is 3240. The van der Waals surface area contributed by atoms with E-state index in [1.165, 1.54) is 55.8 Å². The topological polar surface area (TPSA) is 38.1 Å². The van der Waals surface area contributed by atoms with Gasteiger partial charge in [0.05, 0.1) is 5.69 Å². The number of furan rings is 1.